The largest absolute Gasteiger partial charge is 0.489 e. The molecule has 1 aliphatic heterocycles. The molecule has 1 aliphatic carbocycles. The number of thioether (sulfide) groups is 1. The Bertz CT molecular complexity index is 1150. The molecule has 2 aromatic carbocycles. The van der Waals surface area contributed by atoms with Gasteiger partial charge < -0.3 is 9.47 Å². The van der Waals surface area contributed by atoms with E-state index in [4.69, 9.17) is 21.4 Å². The summed E-state index contributed by atoms with van der Waals surface area (Å²) in [6, 6.07) is 12.2. The van der Waals surface area contributed by atoms with Crippen LogP contribution in [0.25, 0.3) is 11.4 Å². The Hall–Kier alpha value is -2.65. The van der Waals surface area contributed by atoms with Gasteiger partial charge in [-0.05, 0) is 49.1 Å². The van der Waals surface area contributed by atoms with Gasteiger partial charge in [0.15, 0.2) is 17.3 Å². The Labute approximate surface area is 186 Å². The van der Waals surface area contributed by atoms with E-state index in [0.29, 0.717) is 40.0 Å². The monoisotopic (exact) mass is 462 g/mol. The molecular weight excluding hydrogens is 446 g/mol. The number of hydrogen-bond acceptors (Lipinski definition) is 6. The summed E-state index contributed by atoms with van der Waals surface area (Å²) in [6.07, 6.45) is 2.19. The predicted molar refractivity (Wildman–Crippen MR) is 114 cm³/mol. The first-order valence-corrected chi connectivity index (χ1v) is 11.1. The highest BCUT2D eigenvalue weighted by molar-refractivity contribution is 7.99. The SMILES string of the molecule is FC(F)Oc1ccc(C2=Nn3c(nnc3-c3ccccc3Cl)SC2)cc1OCC1CC1. The molecule has 0 atom stereocenters. The summed E-state index contributed by atoms with van der Waals surface area (Å²) < 4.78 is 37.7. The van der Waals surface area contributed by atoms with Crippen molar-refractivity contribution in [2.24, 2.45) is 11.0 Å². The molecule has 0 saturated heterocycles. The molecule has 5 rings (SSSR count). The maximum absolute atomic E-state index is 12.8. The lowest BCUT2D eigenvalue weighted by Gasteiger charge is -2.17. The van der Waals surface area contributed by atoms with Gasteiger partial charge in [-0.2, -0.15) is 18.6 Å². The zero-order valence-corrected chi connectivity index (χ0v) is 17.7. The van der Waals surface area contributed by atoms with Crippen molar-refractivity contribution in [3.63, 3.8) is 0 Å². The summed E-state index contributed by atoms with van der Waals surface area (Å²) in [6.45, 7) is -2.44. The average molecular weight is 463 g/mol. The first-order chi connectivity index (χ1) is 15.1. The number of rotatable bonds is 7. The van der Waals surface area contributed by atoms with E-state index in [9.17, 15) is 8.78 Å². The number of aromatic nitrogens is 3. The number of hydrogen-bond donors (Lipinski definition) is 0. The minimum absolute atomic E-state index is 0.0187. The molecule has 0 amide bonds. The van der Waals surface area contributed by atoms with Crippen molar-refractivity contribution in [1.29, 1.82) is 0 Å². The van der Waals surface area contributed by atoms with E-state index in [1.807, 2.05) is 18.2 Å². The van der Waals surface area contributed by atoms with Gasteiger partial charge in [-0.15, -0.1) is 10.2 Å². The standard InChI is InChI=1S/C21H17ClF2N4O2S/c22-15-4-2-1-3-14(15)19-25-26-21-28(19)27-16(11-31-21)13-7-8-17(30-20(23)24)18(9-13)29-10-12-5-6-12/h1-4,7-9,12,20H,5-6,10-11H2. The lowest BCUT2D eigenvalue weighted by molar-refractivity contribution is -0.0515. The fourth-order valence-electron chi connectivity index (χ4n) is 3.17. The molecule has 0 bridgehead atoms. The molecule has 1 aromatic heterocycles. The molecule has 1 fully saturated rings. The van der Waals surface area contributed by atoms with Crippen molar-refractivity contribution in [2.75, 3.05) is 12.4 Å². The van der Waals surface area contributed by atoms with E-state index < -0.39 is 6.61 Å². The van der Waals surface area contributed by atoms with Crippen LogP contribution in [0.5, 0.6) is 11.5 Å². The minimum Gasteiger partial charge on any atom is -0.489 e. The highest BCUT2D eigenvalue weighted by Gasteiger charge is 2.25. The van der Waals surface area contributed by atoms with Crippen molar-refractivity contribution in [2.45, 2.75) is 24.6 Å². The molecular formula is C21H17ClF2N4O2S. The molecule has 3 aromatic rings. The van der Waals surface area contributed by atoms with Crippen molar-refractivity contribution in [1.82, 2.24) is 14.9 Å². The number of fused-ring (bicyclic) bond motifs is 1. The first-order valence-electron chi connectivity index (χ1n) is 9.71. The Morgan fingerprint density at radius 1 is 1.13 bits per heavy atom. The van der Waals surface area contributed by atoms with Crippen LogP contribution in [0.1, 0.15) is 18.4 Å². The van der Waals surface area contributed by atoms with Crippen LogP contribution in [0.4, 0.5) is 8.78 Å². The quantitative estimate of drug-likeness (QED) is 0.474. The Morgan fingerprint density at radius 3 is 2.74 bits per heavy atom. The van der Waals surface area contributed by atoms with E-state index in [2.05, 4.69) is 14.9 Å². The highest BCUT2D eigenvalue weighted by Crippen LogP contribution is 2.36. The van der Waals surface area contributed by atoms with Gasteiger partial charge in [0.1, 0.15) is 0 Å². The molecule has 31 heavy (non-hydrogen) atoms. The van der Waals surface area contributed by atoms with Crippen LogP contribution in [0.2, 0.25) is 5.02 Å². The molecule has 0 N–H and O–H groups in total. The number of nitrogens with zero attached hydrogens (tertiary/aromatic N) is 4. The highest BCUT2D eigenvalue weighted by atomic mass is 35.5. The summed E-state index contributed by atoms with van der Waals surface area (Å²) in [5.41, 5.74) is 2.22. The predicted octanol–water partition coefficient (Wildman–Crippen LogP) is 5.35. The second-order valence-corrected chi connectivity index (χ2v) is 8.58. The van der Waals surface area contributed by atoms with E-state index >= 15 is 0 Å². The number of alkyl halides is 2. The van der Waals surface area contributed by atoms with Crippen molar-refractivity contribution < 1.29 is 18.3 Å². The summed E-state index contributed by atoms with van der Waals surface area (Å²) in [5.74, 6) is 1.87. The number of ether oxygens (including phenoxy) is 2. The third kappa shape index (κ3) is 4.38. The minimum atomic E-state index is -2.92. The second kappa shape index (κ2) is 8.47. The van der Waals surface area contributed by atoms with Crippen LogP contribution in [-0.4, -0.2) is 39.6 Å². The van der Waals surface area contributed by atoms with Crippen LogP contribution in [0, 0.1) is 5.92 Å². The molecule has 6 nitrogen and oxygen atoms in total. The molecule has 0 spiro atoms. The van der Waals surface area contributed by atoms with Crippen LogP contribution >= 0.6 is 23.4 Å². The summed E-state index contributed by atoms with van der Waals surface area (Å²) in [4.78, 5) is 0. The van der Waals surface area contributed by atoms with E-state index in [1.165, 1.54) is 17.8 Å². The second-order valence-electron chi connectivity index (χ2n) is 7.23. The van der Waals surface area contributed by atoms with Gasteiger partial charge in [-0.1, -0.05) is 35.5 Å². The molecule has 1 saturated carbocycles. The lowest BCUT2D eigenvalue weighted by atomic mass is 10.1. The van der Waals surface area contributed by atoms with Gasteiger partial charge in [0.2, 0.25) is 5.16 Å². The number of benzene rings is 2. The van der Waals surface area contributed by atoms with Crippen LogP contribution < -0.4 is 9.47 Å². The Balaban J connectivity index is 1.50. The van der Waals surface area contributed by atoms with Crippen LogP contribution in [0.15, 0.2) is 52.7 Å². The fourth-order valence-corrected chi connectivity index (χ4v) is 4.22. The zero-order valence-electron chi connectivity index (χ0n) is 16.2. The molecule has 2 heterocycles. The topological polar surface area (TPSA) is 61.5 Å². The summed E-state index contributed by atoms with van der Waals surface area (Å²) in [5, 5.41) is 14.4. The van der Waals surface area contributed by atoms with Gasteiger partial charge in [0.25, 0.3) is 0 Å². The maximum atomic E-state index is 12.8. The van der Waals surface area contributed by atoms with Gasteiger partial charge >= 0.3 is 6.61 Å². The van der Waals surface area contributed by atoms with Crippen molar-refractivity contribution >= 4 is 29.1 Å². The van der Waals surface area contributed by atoms with Gasteiger partial charge in [0.05, 0.1) is 17.3 Å². The van der Waals surface area contributed by atoms with Crippen molar-refractivity contribution in [3.05, 3.63) is 53.1 Å². The lowest BCUT2D eigenvalue weighted by Crippen LogP contribution is -2.14. The van der Waals surface area contributed by atoms with Gasteiger partial charge in [-0.3, -0.25) is 0 Å². The Kier molecular flexibility index (Phi) is 5.54. The van der Waals surface area contributed by atoms with Crippen molar-refractivity contribution in [3.8, 4) is 22.9 Å². The van der Waals surface area contributed by atoms with Crippen LogP contribution in [-0.2, 0) is 0 Å². The fraction of sp³-hybridized carbons (Fsp3) is 0.286. The van der Waals surface area contributed by atoms with Gasteiger partial charge in [-0.25, -0.2) is 0 Å². The smallest absolute Gasteiger partial charge is 0.387 e. The summed E-state index contributed by atoms with van der Waals surface area (Å²) in [7, 11) is 0. The van der Waals surface area contributed by atoms with E-state index in [0.717, 1.165) is 29.7 Å². The number of halogens is 3. The average Bonchev–Trinajstić information content (AvgIpc) is 3.50. The van der Waals surface area contributed by atoms with Crippen LogP contribution in [0.3, 0.4) is 0 Å². The molecule has 10 heteroatoms. The Morgan fingerprint density at radius 2 is 1.97 bits per heavy atom. The normalized spacial score (nSPS) is 15.5. The third-order valence-electron chi connectivity index (χ3n) is 4.95. The molecule has 2 aliphatic rings. The molecule has 0 radical (unpaired) electrons. The molecule has 160 valence electrons. The maximum Gasteiger partial charge on any atom is 0.387 e. The molecule has 0 unspecified atom stereocenters. The van der Waals surface area contributed by atoms with E-state index in [-0.39, 0.29) is 5.75 Å². The van der Waals surface area contributed by atoms with Gasteiger partial charge in [0, 0.05) is 16.9 Å². The third-order valence-corrected chi connectivity index (χ3v) is 6.21. The summed E-state index contributed by atoms with van der Waals surface area (Å²) >= 11 is 7.81. The zero-order chi connectivity index (χ0) is 21.4. The first kappa shape index (κ1) is 20.3. The van der Waals surface area contributed by atoms with E-state index in [1.54, 1.807) is 22.9 Å².